The molecule has 24 heavy (non-hydrogen) atoms. The number of nitrogens with zero attached hydrogens (tertiary/aromatic N) is 2. The van der Waals surface area contributed by atoms with Crippen molar-refractivity contribution in [2.24, 2.45) is 35.5 Å². The second-order valence-electron chi connectivity index (χ2n) is 8.19. The number of amides is 1. The summed E-state index contributed by atoms with van der Waals surface area (Å²) in [6.07, 6.45) is 11.2. The molecular weight excluding hydrogens is 298 g/mol. The van der Waals surface area contributed by atoms with E-state index in [9.17, 15) is 4.79 Å². The summed E-state index contributed by atoms with van der Waals surface area (Å²) >= 11 is 0. The summed E-state index contributed by atoms with van der Waals surface area (Å²) in [5, 5.41) is 3.09. The Hall–Kier alpha value is -1.68. The zero-order valence-corrected chi connectivity index (χ0v) is 14.0. The molecule has 1 amide bonds. The van der Waals surface area contributed by atoms with E-state index in [-0.39, 0.29) is 11.8 Å². The van der Waals surface area contributed by atoms with Crippen LogP contribution in [-0.4, -0.2) is 35.4 Å². The number of carbonyl (C=O) groups is 1. The minimum absolute atomic E-state index is 0.247. The molecule has 4 heteroatoms. The summed E-state index contributed by atoms with van der Waals surface area (Å²) in [7, 11) is 0. The number of aromatic nitrogens is 1. The van der Waals surface area contributed by atoms with Crippen LogP contribution in [0.2, 0.25) is 0 Å². The van der Waals surface area contributed by atoms with Gasteiger partial charge in [0.1, 0.15) is 0 Å². The molecule has 2 heterocycles. The van der Waals surface area contributed by atoms with Crippen LogP contribution >= 0.6 is 0 Å². The summed E-state index contributed by atoms with van der Waals surface area (Å²) in [4.78, 5) is 19.1. The lowest BCUT2D eigenvalue weighted by Crippen LogP contribution is -2.34. The molecule has 0 aromatic carbocycles. The third-order valence-electron chi connectivity index (χ3n) is 6.67. The van der Waals surface area contributed by atoms with E-state index in [0.717, 1.165) is 36.4 Å². The van der Waals surface area contributed by atoms with E-state index in [1.165, 1.54) is 19.4 Å². The maximum atomic E-state index is 12.4. The van der Waals surface area contributed by atoms with Gasteiger partial charge in [-0.25, -0.2) is 0 Å². The van der Waals surface area contributed by atoms with E-state index in [1.54, 1.807) is 6.20 Å². The Labute approximate surface area is 143 Å². The lowest BCUT2D eigenvalue weighted by Gasteiger charge is -2.26. The molecule has 0 radical (unpaired) electrons. The SMILES string of the molecule is O=C(NCc1cccnc1)C1[C@H]2CN(C[C@H]3C[C@H]4C=C[C@@H]3C4)C[C@@H]12. The van der Waals surface area contributed by atoms with Gasteiger partial charge in [-0.3, -0.25) is 9.78 Å². The molecule has 1 saturated heterocycles. The number of hydrogen-bond acceptors (Lipinski definition) is 3. The topological polar surface area (TPSA) is 45.2 Å². The Morgan fingerprint density at radius 1 is 1.25 bits per heavy atom. The highest BCUT2D eigenvalue weighted by Gasteiger charge is 2.59. The van der Waals surface area contributed by atoms with Gasteiger partial charge in [-0.1, -0.05) is 18.2 Å². The van der Waals surface area contributed by atoms with Gasteiger partial charge in [0, 0.05) is 44.5 Å². The average Bonchev–Trinajstić information content (AvgIpc) is 3.01. The van der Waals surface area contributed by atoms with Crippen LogP contribution in [0.25, 0.3) is 0 Å². The monoisotopic (exact) mass is 323 g/mol. The van der Waals surface area contributed by atoms with Gasteiger partial charge < -0.3 is 10.2 Å². The number of nitrogens with one attached hydrogen (secondary N) is 1. The fourth-order valence-electron chi connectivity index (χ4n) is 5.40. The Morgan fingerprint density at radius 2 is 2.12 bits per heavy atom. The van der Waals surface area contributed by atoms with Gasteiger partial charge in [0.2, 0.25) is 5.91 Å². The molecule has 4 nitrogen and oxygen atoms in total. The zero-order chi connectivity index (χ0) is 16.1. The van der Waals surface area contributed by atoms with Crippen molar-refractivity contribution in [3.63, 3.8) is 0 Å². The first-order valence-corrected chi connectivity index (χ1v) is 9.35. The van der Waals surface area contributed by atoms with Gasteiger partial charge in [-0.2, -0.15) is 0 Å². The first kappa shape index (κ1) is 14.6. The quantitative estimate of drug-likeness (QED) is 0.844. The van der Waals surface area contributed by atoms with Gasteiger partial charge in [-0.05, 0) is 54.1 Å². The highest BCUT2D eigenvalue weighted by Crippen LogP contribution is 2.53. The maximum Gasteiger partial charge on any atom is 0.224 e. The molecule has 126 valence electrons. The van der Waals surface area contributed by atoms with Crippen LogP contribution in [0.3, 0.4) is 0 Å². The number of fused-ring (bicyclic) bond motifs is 3. The summed E-state index contributed by atoms with van der Waals surface area (Å²) in [5.41, 5.74) is 1.07. The lowest BCUT2D eigenvalue weighted by atomic mass is 9.93. The van der Waals surface area contributed by atoms with E-state index < -0.39 is 0 Å². The average molecular weight is 323 g/mol. The smallest absolute Gasteiger partial charge is 0.224 e. The fourth-order valence-corrected chi connectivity index (χ4v) is 5.40. The number of hydrogen-bond donors (Lipinski definition) is 1. The summed E-state index contributed by atoms with van der Waals surface area (Å²) in [6.45, 7) is 4.12. The lowest BCUT2D eigenvalue weighted by molar-refractivity contribution is -0.123. The van der Waals surface area contributed by atoms with Crippen molar-refractivity contribution in [2.45, 2.75) is 19.4 Å². The van der Waals surface area contributed by atoms with E-state index >= 15 is 0 Å². The molecule has 0 spiro atoms. The number of rotatable bonds is 5. The Kier molecular flexibility index (Phi) is 3.47. The van der Waals surface area contributed by atoms with Crippen molar-refractivity contribution >= 4 is 5.91 Å². The van der Waals surface area contributed by atoms with Crippen molar-refractivity contribution < 1.29 is 4.79 Å². The molecule has 5 rings (SSSR count). The molecule has 3 fully saturated rings. The molecule has 6 atom stereocenters. The molecule has 1 N–H and O–H groups in total. The summed E-state index contributed by atoms with van der Waals surface area (Å²) in [6, 6.07) is 3.92. The number of allylic oxidation sites excluding steroid dienone is 2. The number of likely N-dealkylation sites (tertiary alicyclic amines) is 1. The second-order valence-corrected chi connectivity index (χ2v) is 8.19. The van der Waals surface area contributed by atoms with Gasteiger partial charge in [0.25, 0.3) is 0 Å². The van der Waals surface area contributed by atoms with Crippen LogP contribution < -0.4 is 5.32 Å². The van der Waals surface area contributed by atoms with E-state index in [1.807, 2.05) is 18.3 Å². The van der Waals surface area contributed by atoms with Crippen LogP contribution in [0, 0.1) is 35.5 Å². The van der Waals surface area contributed by atoms with Gasteiger partial charge in [-0.15, -0.1) is 0 Å². The van der Waals surface area contributed by atoms with Crippen LogP contribution in [0.1, 0.15) is 18.4 Å². The number of carbonyl (C=O) groups excluding carboxylic acids is 1. The maximum absolute atomic E-state index is 12.4. The van der Waals surface area contributed by atoms with Crippen LogP contribution in [-0.2, 0) is 11.3 Å². The molecule has 1 unspecified atom stereocenters. The normalized spacial score (nSPS) is 39.2. The number of piperidine rings is 1. The van der Waals surface area contributed by atoms with Crippen molar-refractivity contribution in [1.29, 1.82) is 0 Å². The summed E-state index contributed by atoms with van der Waals surface area (Å²) in [5.74, 6) is 4.29. The van der Waals surface area contributed by atoms with Gasteiger partial charge in [0.15, 0.2) is 0 Å². The van der Waals surface area contributed by atoms with Crippen LogP contribution in [0.15, 0.2) is 36.7 Å². The predicted molar refractivity (Wildman–Crippen MR) is 91.8 cm³/mol. The Morgan fingerprint density at radius 3 is 2.79 bits per heavy atom. The molecule has 2 bridgehead atoms. The highest BCUT2D eigenvalue weighted by atomic mass is 16.2. The zero-order valence-electron chi connectivity index (χ0n) is 14.0. The standard InChI is InChI=1S/C20H25N3O/c24-20(22-9-14-2-1-5-21-8-14)19-17-11-23(12-18(17)19)10-16-7-13-3-4-15(16)6-13/h1-5,8,13,15-19H,6-7,9-12H2,(H,22,24)/t13-,15+,16+,17-,18+,19?/m0/s1. The third kappa shape index (κ3) is 2.57. The molecule has 1 aliphatic heterocycles. The molecule has 4 aliphatic rings. The first-order chi connectivity index (χ1) is 11.8. The Balaban J connectivity index is 1.09. The van der Waals surface area contributed by atoms with Crippen LogP contribution in [0.4, 0.5) is 0 Å². The van der Waals surface area contributed by atoms with Gasteiger partial charge in [0.05, 0.1) is 0 Å². The predicted octanol–water partition coefficient (Wildman–Crippen LogP) is 2.09. The third-order valence-corrected chi connectivity index (χ3v) is 6.67. The van der Waals surface area contributed by atoms with Crippen molar-refractivity contribution in [3.05, 3.63) is 42.2 Å². The Bertz CT molecular complexity index is 646. The van der Waals surface area contributed by atoms with Crippen molar-refractivity contribution in [3.8, 4) is 0 Å². The number of pyridine rings is 1. The van der Waals surface area contributed by atoms with Crippen LogP contribution in [0.5, 0.6) is 0 Å². The van der Waals surface area contributed by atoms with E-state index in [4.69, 9.17) is 0 Å². The summed E-state index contributed by atoms with van der Waals surface area (Å²) < 4.78 is 0. The first-order valence-electron chi connectivity index (χ1n) is 9.35. The molecule has 2 saturated carbocycles. The minimum Gasteiger partial charge on any atom is -0.352 e. The molecular formula is C20H25N3O. The molecule has 3 aliphatic carbocycles. The van der Waals surface area contributed by atoms with E-state index in [0.29, 0.717) is 18.4 Å². The minimum atomic E-state index is 0.247. The molecule has 1 aromatic rings. The second kappa shape index (κ2) is 5.69. The molecule has 1 aromatic heterocycles. The van der Waals surface area contributed by atoms with E-state index in [2.05, 4.69) is 27.4 Å². The van der Waals surface area contributed by atoms with Crippen molar-refractivity contribution in [2.75, 3.05) is 19.6 Å². The largest absolute Gasteiger partial charge is 0.352 e. The van der Waals surface area contributed by atoms with Crippen molar-refractivity contribution in [1.82, 2.24) is 15.2 Å². The fraction of sp³-hybridized carbons (Fsp3) is 0.600. The van der Waals surface area contributed by atoms with Gasteiger partial charge >= 0.3 is 0 Å². The highest BCUT2D eigenvalue weighted by molar-refractivity contribution is 5.82.